The number of rotatable bonds is 1. The molecule has 0 atom stereocenters. The van der Waals surface area contributed by atoms with Gasteiger partial charge in [0, 0.05) is 131 Å². The third kappa shape index (κ3) is 130. The van der Waals surface area contributed by atoms with Gasteiger partial charge in [-0.05, 0) is 0 Å². The van der Waals surface area contributed by atoms with Gasteiger partial charge in [-0.15, -0.1) is 4.39 Å². The quantitative estimate of drug-likeness (QED) is 0.495. The molecule has 0 spiro atoms. The fourth-order valence-corrected chi connectivity index (χ4v) is 0. The second-order valence-electron chi connectivity index (χ2n) is 1.11. The van der Waals surface area contributed by atoms with Crippen molar-refractivity contribution in [1.82, 2.24) is 0 Å². The van der Waals surface area contributed by atoms with Gasteiger partial charge < -0.3 is 0 Å². The predicted molar refractivity (Wildman–Crippen MR) is 37.6 cm³/mol. The van der Waals surface area contributed by atoms with Crippen LogP contribution in [0.5, 0.6) is 0 Å². The Kier molecular flexibility index (Phi) is 250. The number of unbranched alkanes of at least 4 members (excludes halogenated alkanes) is 1. The molecule has 0 saturated carbocycles. The largest absolute Gasteiger partial charge is 0.255 e. The molecule has 0 nitrogen and oxygen atoms in total. The molecule has 0 unspecified atom stereocenters. The van der Waals surface area contributed by atoms with Crippen LogP contribution in [0.1, 0.15) is 26.7 Å². The van der Waals surface area contributed by atoms with Crippen molar-refractivity contribution in [1.29, 1.82) is 0 Å². The minimum absolute atomic E-state index is 0. The van der Waals surface area contributed by atoms with Crippen molar-refractivity contribution in [2.24, 2.45) is 0 Å². The van der Waals surface area contributed by atoms with E-state index in [4.69, 9.17) is 0 Å². The average molecular weight is 492 g/mol. The Hall–Kier alpha value is 3.84. The van der Waals surface area contributed by atoms with Crippen LogP contribution in [0.15, 0.2) is 0 Å². The van der Waals surface area contributed by atoms with Gasteiger partial charge in [-0.1, -0.05) is 33.1 Å². The van der Waals surface area contributed by atoms with Crippen molar-refractivity contribution >= 4 is 0 Å². The molecule has 0 amide bonds. The summed E-state index contributed by atoms with van der Waals surface area (Å²) in [4.78, 5) is 0. The third-order valence-corrected chi connectivity index (χ3v) is 0.500. The summed E-state index contributed by atoms with van der Waals surface area (Å²) >= 11 is 0. The maximum Gasteiger partial charge on any atom is 0.102 e. The predicted octanol–water partition coefficient (Wildman–Crippen LogP) is 2.93. The van der Waals surface area contributed by atoms with Crippen LogP contribution in [-0.2, 0) is 131 Å². The van der Waals surface area contributed by atoms with Crippen LogP contribution in [0.25, 0.3) is 0 Å². The maximum atomic E-state index is 9.82. The van der Waals surface area contributed by atoms with E-state index in [1.54, 1.807) is 0 Å². The van der Waals surface area contributed by atoms with Crippen molar-refractivity contribution in [2.75, 3.05) is 7.18 Å². The van der Waals surface area contributed by atoms with Crippen LogP contribution in [0.2, 0.25) is 0 Å². The second kappa shape index (κ2) is 74.6. The van der Waals surface area contributed by atoms with E-state index in [2.05, 4.69) is 20.3 Å². The normalized spacial score (nSPS) is 3.38. The van der Waals surface area contributed by atoms with E-state index in [1.165, 1.54) is 12.8 Å². The fraction of sp³-hybridized carbons (Fsp3) is 0.714. The number of terminal acetylenes is 1. The summed E-state index contributed by atoms with van der Waals surface area (Å²) in [6.45, 7) is 4.36. The van der Waals surface area contributed by atoms with E-state index in [0.29, 0.717) is 7.18 Å². The molecule has 0 rings (SSSR count). The molecule has 0 aromatic carbocycles. The zero-order valence-electron chi connectivity index (χ0n) is 8.56. The number of halogens is 2. The Morgan fingerprint density at radius 1 is 0.923 bits per heavy atom. The van der Waals surface area contributed by atoms with Gasteiger partial charge in [0.2, 0.25) is 0 Å². The minimum atomic E-state index is 0. The molecule has 0 aliphatic heterocycles. The minimum Gasteiger partial charge on any atom is -0.255 e. The van der Waals surface area contributed by atoms with Crippen LogP contribution in [-0.4, -0.2) is 7.18 Å². The Bertz CT molecular complexity index is 54.9. The summed E-state index contributed by atoms with van der Waals surface area (Å²) in [6, 6.07) is 0. The van der Waals surface area contributed by atoms with E-state index >= 15 is 0 Å². The van der Waals surface area contributed by atoms with Gasteiger partial charge in [-0.2, -0.15) is 0 Å². The summed E-state index contributed by atoms with van der Waals surface area (Å²) < 4.78 is 19.3. The Morgan fingerprint density at radius 3 is 1.00 bits per heavy atom. The van der Waals surface area contributed by atoms with E-state index in [9.17, 15) is 8.78 Å². The smallest absolute Gasteiger partial charge is 0.102 e. The summed E-state index contributed by atoms with van der Waals surface area (Å²) in [7, 11) is 0.500. The molecule has 4 radical (unpaired) electrons. The Labute approximate surface area is 182 Å². The first-order valence-electron chi connectivity index (χ1n) is 2.77. The standard InChI is InChI=1S/C4H10.C2HF.CH3F.4Y/c1-3-4-2;1-2-3;1-2;;;;/h3-4H2,1-2H3;1H;1H3;;;;. The molecule has 0 aromatic heterocycles. The molecular weight excluding hydrogens is 478 g/mol. The zero-order valence-corrected chi connectivity index (χ0v) is 19.9. The summed E-state index contributed by atoms with van der Waals surface area (Å²) in [5, 5.41) is 0. The van der Waals surface area contributed by atoms with Crippen molar-refractivity contribution in [2.45, 2.75) is 26.7 Å². The van der Waals surface area contributed by atoms with Gasteiger partial charge in [-0.3, -0.25) is 4.39 Å². The summed E-state index contributed by atoms with van der Waals surface area (Å²) in [5.41, 5.74) is 0. The summed E-state index contributed by atoms with van der Waals surface area (Å²) in [6.07, 6.45) is 7.32. The van der Waals surface area contributed by atoms with Gasteiger partial charge >= 0.3 is 0 Å². The molecule has 0 fully saturated rings. The van der Waals surface area contributed by atoms with Crippen LogP contribution in [0.4, 0.5) is 8.78 Å². The number of hydrogen-bond donors (Lipinski definition) is 0. The third-order valence-electron chi connectivity index (χ3n) is 0.500. The van der Waals surface area contributed by atoms with Crippen molar-refractivity contribution < 1.29 is 140 Å². The van der Waals surface area contributed by atoms with Crippen LogP contribution in [0, 0.1) is 12.6 Å². The molecule has 0 bridgehead atoms. The molecule has 0 saturated heterocycles. The second-order valence-corrected chi connectivity index (χ2v) is 1.11. The first-order valence-corrected chi connectivity index (χ1v) is 2.77. The Morgan fingerprint density at radius 2 is 1.00 bits per heavy atom. The Balaban J connectivity index is -0.00000000749. The zero-order chi connectivity index (χ0) is 8.12. The molecule has 6 heteroatoms. The molecular formula is C7H14F2Y4. The SMILES string of the molecule is C#CF.CCCC.CF.[Y].[Y].[Y].[Y]. The molecule has 0 aromatic rings. The molecule has 0 heterocycles. The van der Waals surface area contributed by atoms with Crippen molar-refractivity contribution in [3.8, 4) is 12.6 Å². The van der Waals surface area contributed by atoms with E-state index in [-0.39, 0.29) is 131 Å². The first-order chi connectivity index (χ1) is 4.33. The van der Waals surface area contributed by atoms with Crippen LogP contribution >= 0.6 is 0 Å². The molecule has 0 aliphatic rings. The molecule has 0 N–H and O–H groups in total. The molecule has 68 valence electrons. The number of alkyl halides is 1. The first kappa shape index (κ1) is 43.6. The number of hydrogen-bond acceptors (Lipinski definition) is 0. The van der Waals surface area contributed by atoms with E-state index in [0.717, 1.165) is 6.17 Å². The van der Waals surface area contributed by atoms with Crippen LogP contribution < -0.4 is 0 Å². The van der Waals surface area contributed by atoms with Crippen molar-refractivity contribution in [3.63, 3.8) is 0 Å². The maximum absolute atomic E-state index is 9.82. The van der Waals surface area contributed by atoms with E-state index < -0.39 is 0 Å². The van der Waals surface area contributed by atoms with Crippen LogP contribution in [0.3, 0.4) is 0 Å². The molecule has 0 aliphatic carbocycles. The average Bonchev–Trinajstić information content (AvgIpc) is 1.94. The fourth-order valence-electron chi connectivity index (χ4n) is 0. The van der Waals surface area contributed by atoms with Gasteiger partial charge in [0.25, 0.3) is 0 Å². The molecule has 13 heavy (non-hydrogen) atoms. The van der Waals surface area contributed by atoms with Gasteiger partial charge in [0.15, 0.2) is 0 Å². The monoisotopic (exact) mass is 492 g/mol. The van der Waals surface area contributed by atoms with Gasteiger partial charge in [-0.25, -0.2) is 0 Å². The van der Waals surface area contributed by atoms with Gasteiger partial charge in [0.1, 0.15) is 6.17 Å². The van der Waals surface area contributed by atoms with E-state index in [1.807, 2.05) is 0 Å². The topological polar surface area (TPSA) is 0 Å². The summed E-state index contributed by atoms with van der Waals surface area (Å²) in [5.74, 6) is 0. The van der Waals surface area contributed by atoms with Gasteiger partial charge in [0.05, 0.1) is 7.18 Å². The van der Waals surface area contributed by atoms with Crippen molar-refractivity contribution in [3.05, 3.63) is 0 Å².